The summed E-state index contributed by atoms with van der Waals surface area (Å²) in [6.45, 7) is 5.54. The molecule has 208 valence electrons. The lowest BCUT2D eigenvalue weighted by Gasteiger charge is -2.37. The van der Waals surface area contributed by atoms with Crippen LogP contribution in [0.25, 0.3) is 5.57 Å². The molecule has 1 aromatic carbocycles. The Labute approximate surface area is 222 Å². The molecule has 0 bridgehead atoms. The molecular formula is C29H38F3N3O3. The summed E-state index contributed by atoms with van der Waals surface area (Å²) >= 11 is 0. The molecule has 3 fully saturated rings. The Hall–Kier alpha value is -2.55. The Balaban J connectivity index is 1.35. The molecule has 38 heavy (non-hydrogen) atoms. The SMILES string of the molecule is CC1(C(=O)N2CCC=C(c3ccc(C(F)(F)F)cc3N3CCC(C(=O)O)CC3)C2)CCN(C2CCCC2)C1. The van der Waals surface area contributed by atoms with Crippen LogP contribution in [0.5, 0.6) is 0 Å². The van der Waals surface area contributed by atoms with Gasteiger partial charge in [-0.1, -0.05) is 25.0 Å². The van der Waals surface area contributed by atoms with Crippen LogP contribution in [-0.4, -0.2) is 72.1 Å². The fraction of sp³-hybridized carbons (Fsp3) is 0.655. The van der Waals surface area contributed by atoms with Gasteiger partial charge in [-0.25, -0.2) is 0 Å². The zero-order valence-corrected chi connectivity index (χ0v) is 22.1. The van der Waals surface area contributed by atoms with Gasteiger partial charge in [-0.3, -0.25) is 14.5 Å². The molecule has 0 spiro atoms. The zero-order chi connectivity index (χ0) is 27.1. The normalized spacial score (nSPS) is 26.2. The summed E-state index contributed by atoms with van der Waals surface area (Å²) in [6.07, 6.45) is 4.79. The third-order valence-corrected chi connectivity index (χ3v) is 9.15. The number of rotatable bonds is 5. The highest BCUT2D eigenvalue weighted by molar-refractivity contribution is 5.87. The Kier molecular flexibility index (Phi) is 7.50. The number of halogens is 3. The quantitative estimate of drug-likeness (QED) is 0.558. The monoisotopic (exact) mass is 533 g/mol. The second-order valence-electron chi connectivity index (χ2n) is 11.8. The third kappa shape index (κ3) is 5.44. The van der Waals surface area contributed by atoms with Crippen LogP contribution in [0.4, 0.5) is 18.9 Å². The van der Waals surface area contributed by atoms with E-state index >= 15 is 0 Å². The molecule has 9 heteroatoms. The van der Waals surface area contributed by atoms with Crippen LogP contribution in [0.2, 0.25) is 0 Å². The fourth-order valence-corrected chi connectivity index (χ4v) is 6.85. The van der Waals surface area contributed by atoms with Gasteiger partial charge in [0.15, 0.2) is 0 Å². The third-order valence-electron chi connectivity index (χ3n) is 9.15. The van der Waals surface area contributed by atoms with Gasteiger partial charge in [-0.2, -0.15) is 13.2 Å². The van der Waals surface area contributed by atoms with Crippen molar-refractivity contribution < 1.29 is 27.9 Å². The minimum Gasteiger partial charge on any atom is -0.481 e. The van der Waals surface area contributed by atoms with E-state index in [-0.39, 0.29) is 5.91 Å². The highest BCUT2D eigenvalue weighted by Crippen LogP contribution is 2.40. The molecule has 4 aliphatic rings. The lowest BCUT2D eigenvalue weighted by molar-refractivity contribution is -0.142. The molecule has 6 nitrogen and oxygen atoms in total. The van der Waals surface area contributed by atoms with E-state index < -0.39 is 29.0 Å². The van der Waals surface area contributed by atoms with Gasteiger partial charge in [0.05, 0.1) is 16.9 Å². The van der Waals surface area contributed by atoms with Crippen LogP contribution in [0.3, 0.4) is 0 Å². The number of anilines is 1. The number of aliphatic carboxylic acids is 1. The summed E-state index contributed by atoms with van der Waals surface area (Å²) in [7, 11) is 0. The second-order valence-corrected chi connectivity index (χ2v) is 11.8. The van der Waals surface area contributed by atoms with Crippen molar-refractivity contribution in [3.63, 3.8) is 0 Å². The maximum atomic E-state index is 13.8. The maximum absolute atomic E-state index is 13.8. The van der Waals surface area contributed by atoms with Crippen LogP contribution in [0.15, 0.2) is 24.3 Å². The highest BCUT2D eigenvalue weighted by Gasteiger charge is 2.45. The largest absolute Gasteiger partial charge is 0.481 e. The Morgan fingerprint density at radius 3 is 2.39 bits per heavy atom. The van der Waals surface area contributed by atoms with E-state index in [2.05, 4.69) is 11.8 Å². The molecule has 3 heterocycles. The van der Waals surface area contributed by atoms with E-state index in [9.17, 15) is 27.9 Å². The molecule has 1 aliphatic carbocycles. The summed E-state index contributed by atoms with van der Waals surface area (Å²) in [6, 6.07) is 4.42. The van der Waals surface area contributed by atoms with Crippen molar-refractivity contribution in [3.8, 4) is 0 Å². The number of piperidine rings is 1. The molecule has 1 N–H and O–H groups in total. The number of likely N-dealkylation sites (tertiary alicyclic amines) is 1. The standard InChI is InChI=1S/C29H38F3N3O3/c1-28(12-16-35(19-28)23-6-2-3-7-23)27(38)34-13-4-5-21(18-34)24-9-8-22(29(30,31)32)17-25(24)33-14-10-20(11-15-33)26(36)37/h5,8-9,17,20,23H,2-4,6-7,10-16,18-19H2,1H3,(H,36,37). The van der Waals surface area contributed by atoms with Gasteiger partial charge in [-0.15, -0.1) is 0 Å². The van der Waals surface area contributed by atoms with E-state index in [1.165, 1.54) is 37.8 Å². The van der Waals surface area contributed by atoms with E-state index in [0.717, 1.165) is 31.1 Å². The summed E-state index contributed by atoms with van der Waals surface area (Å²) in [5.74, 6) is -1.19. The Bertz CT molecular complexity index is 1090. The smallest absolute Gasteiger partial charge is 0.416 e. The first-order valence-electron chi connectivity index (χ1n) is 14.0. The van der Waals surface area contributed by atoms with Crippen molar-refractivity contribution in [2.75, 3.05) is 44.2 Å². The molecule has 1 atom stereocenters. The molecule has 1 unspecified atom stereocenters. The van der Waals surface area contributed by atoms with Crippen molar-refractivity contribution in [2.24, 2.45) is 11.3 Å². The van der Waals surface area contributed by atoms with Crippen molar-refractivity contribution in [3.05, 3.63) is 35.4 Å². The number of carbonyl (C=O) groups excluding carboxylic acids is 1. The number of nitrogens with zero attached hydrogens (tertiary/aromatic N) is 3. The first-order valence-corrected chi connectivity index (χ1v) is 14.0. The van der Waals surface area contributed by atoms with Gasteiger partial charge in [0.25, 0.3) is 0 Å². The van der Waals surface area contributed by atoms with Crippen LogP contribution >= 0.6 is 0 Å². The lowest BCUT2D eigenvalue weighted by atomic mass is 9.86. The number of hydrogen-bond acceptors (Lipinski definition) is 4. The summed E-state index contributed by atoms with van der Waals surface area (Å²) < 4.78 is 40.9. The molecule has 0 radical (unpaired) electrons. The number of alkyl halides is 3. The van der Waals surface area contributed by atoms with Gasteiger partial charge in [0, 0.05) is 50.0 Å². The van der Waals surface area contributed by atoms with Gasteiger partial charge in [0.2, 0.25) is 5.91 Å². The first-order chi connectivity index (χ1) is 18.0. The molecule has 1 amide bonds. The summed E-state index contributed by atoms with van der Waals surface area (Å²) in [5, 5.41) is 9.36. The van der Waals surface area contributed by atoms with Crippen molar-refractivity contribution >= 4 is 23.1 Å². The van der Waals surface area contributed by atoms with E-state index in [1.807, 2.05) is 15.9 Å². The number of carbonyl (C=O) groups is 2. The topological polar surface area (TPSA) is 64.1 Å². The minimum absolute atomic E-state index is 0.138. The molecule has 2 saturated heterocycles. The average molecular weight is 534 g/mol. The first kappa shape index (κ1) is 27.0. The zero-order valence-electron chi connectivity index (χ0n) is 22.1. The van der Waals surface area contributed by atoms with Gasteiger partial charge in [0.1, 0.15) is 0 Å². The molecular weight excluding hydrogens is 495 g/mol. The highest BCUT2D eigenvalue weighted by atomic mass is 19.4. The molecule has 5 rings (SSSR count). The predicted octanol–water partition coefficient (Wildman–Crippen LogP) is 5.28. The predicted molar refractivity (Wildman–Crippen MR) is 140 cm³/mol. The molecule has 1 saturated carbocycles. The maximum Gasteiger partial charge on any atom is 0.416 e. The Morgan fingerprint density at radius 1 is 1.03 bits per heavy atom. The number of carboxylic acids is 1. The number of benzene rings is 1. The van der Waals surface area contributed by atoms with E-state index in [1.54, 1.807) is 0 Å². The molecule has 0 aromatic heterocycles. The lowest BCUT2D eigenvalue weighted by Crippen LogP contribution is -2.46. The van der Waals surface area contributed by atoms with E-state index in [0.29, 0.717) is 62.7 Å². The van der Waals surface area contributed by atoms with Gasteiger partial charge in [-0.05, 0) is 69.7 Å². The molecule has 1 aromatic rings. The summed E-state index contributed by atoms with van der Waals surface area (Å²) in [4.78, 5) is 31.5. The van der Waals surface area contributed by atoms with Crippen molar-refractivity contribution in [1.29, 1.82) is 0 Å². The van der Waals surface area contributed by atoms with E-state index in [4.69, 9.17) is 0 Å². The van der Waals surface area contributed by atoms with Crippen LogP contribution in [0, 0.1) is 11.3 Å². The second kappa shape index (κ2) is 10.5. The van der Waals surface area contributed by atoms with Gasteiger partial charge < -0.3 is 14.9 Å². The van der Waals surface area contributed by atoms with Crippen molar-refractivity contribution in [2.45, 2.75) is 70.5 Å². The fourth-order valence-electron chi connectivity index (χ4n) is 6.85. The molecule has 3 aliphatic heterocycles. The Morgan fingerprint density at radius 2 is 1.74 bits per heavy atom. The van der Waals surface area contributed by atoms with Crippen LogP contribution in [0.1, 0.15) is 69.4 Å². The number of amides is 1. The summed E-state index contributed by atoms with van der Waals surface area (Å²) in [5.41, 5.74) is 0.888. The van der Waals surface area contributed by atoms with Crippen LogP contribution < -0.4 is 4.90 Å². The van der Waals surface area contributed by atoms with Gasteiger partial charge >= 0.3 is 12.1 Å². The van der Waals surface area contributed by atoms with Crippen LogP contribution in [-0.2, 0) is 15.8 Å². The van der Waals surface area contributed by atoms with Crippen molar-refractivity contribution in [1.82, 2.24) is 9.80 Å². The average Bonchev–Trinajstić information content (AvgIpc) is 3.58. The number of carboxylic acid groups (broad SMARTS) is 1. The number of hydrogen-bond donors (Lipinski definition) is 1. The minimum atomic E-state index is -4.47.